The second-order valence-electron chi connectivity index (χ2n) is 5.66. The molecule has 0 bridgehead atoms. The van der Waals surface area contributed by atoms with E-state index in [-0.39, 0.29) is 11.7 Å². The third kappa shape index (κ3) is 4.01. The van der Waals surface area contributed by atoms with Crippen LogP contribution in [0.15, 0.2) is 76.6 Å². The van der Waals surface area contributed by atoms with Crippen molar-refractivity contribution in [1.29, 1.82) is 0 Å². The number of carbonyl (C=O) groups excluding carboxylic acids is 1. The molecular formula is C19H14BrN5OS. The van der Waals surface area contributed by atoms with Gasteiger partial charge in [0.2, 0.25) is 5.91 Å². The topological polar surface area (TPSA) is 72.7 Å². The summed E-state index contributed by atoms with van der Waals surface area (Å²) in [6.45, 7) is 0. The smallest absolute Gasteiger partial charge is 0.234 e. The number of para-hydroxylation sites is 1. The number of hydrogen-bond donors (Lipinski definition) is 1. The first-order chi connectivity index (χ1) is 13.2. The Labute approximate surface area is 168 Å². The molecule has 27 heavy (non-hydrogen) atoms. The van der Waals surface area contributed by atoms with E-state index in [2.05, 4.69) is 36.3 Å². The van der Waals surface area contributed by atoms with Crippen LogP contribution in [0.25, 0.3) is 16.7 Å². The molecule has 0 aliphatic heterocycles. The summed E-state index contributed by atoms with van der Waals surface area (Å²) in [6.07, 6.45) is 3.23. The SMILES string of the molecule is O=C(CSc1ncnc2c1cnn2-c1ccccc1)Nc1cccc(Br)c1. The molecule has 1 N–H and O–H groups in total. The molecule has 0 aliphatic carbocycles. The lowest BCUT2D eigenvalue weighted by Crippen LogP contribution is -2.14. The maximum Gasteiger partial charge on any atom is 0.234 e. The van der Waals surface area contributed by atoms with E-state index < -0.39 is 0 Å². The van der Waals surface area contributed by atoms with Gasteiger partial charge in [-0.25, -0.2) is 14.6 Å². The van der Waals surface area contributed by atoms with Gasteiger partial charge in [0.1, 0.15) is 11.4 Å². The molecule has 0 unspecified atom stereocenters. The molecule has 0 saturated heterocycles. The molecule has 4 rings (SSSR count). The van der Waals surface area contributed by atoms with Crippen LogP contribution in [0.1, 0.15) is 0 Å². The number of halogens is 1. The van der Waals surface area contributed by atoms with Crippen LogP contribution >= 0.6 is 27.7 Å². The number of anilines is 1. The molecular weight excluding hydrogens is 426 g/mol. The summed E-state index contributed by atoms with van der Waals surface area (Å²) in [7, 11) is 0. The Balaban J connectivity index is 1.51. The molecule has 2 aromatic carbocycles. The van der Waals surface area contributed by atoms with Crippen molar-refractivity contribution >= 4 is 50.3 Å². The average molecular weight is 440 g/mol. The van der Waals surface area contributed by atoms with Gasteiger partial charge in [-0.05, 0) is 30.3 Å². The monoisotopic (exact) mass is 439 g/mol. The molecule has 2 aromatic heterocycles. The summed E-state index contributed by atoms with van der Waals surface area (Å²) in [6, 6.07) is 17.3. The van der Waals surface area contributed by atoms with Crippen LogP contribution in [0.4, 0.5) is 5.69 Å². The zero-order chi connectivity index (χ0) is 18.6. The van der Waals surface area contributed by atoms with Gasteiger partial charge in [-0.15, -0.1) is 0 Å². The van der Waals surface area contributed by atoms with E-state index in [4.69, 9.17) is 0 Å². The molecule has 2 heterocycles. The summed E-state index contributed by atoms with van der Waals surface area (Å²) in [5.74, 6) is 0.148. The van der Waals surface area contributed by atoms with Crippen molar-refractivity contribution in [2.75, 3.05) is 11.1 Å². The number of thioether (sulfide) groups is 1. The molecule has 4 aromatic rings. The number of nitrogens with one attached hydrogen (secondary N) is 1. The maximum absolute atomic E-state index is 12.2. The Morgan fingerprint density at radius 1 is 1.11 bits per heavy atom. The van der Waals surface area contributed by atoms with Gasteiger partial charge in [0.25, 0.3) is 0 Å². The van der Waals surface area contributed by atoms with Gasteiger partial charge < -0.3 is 5.32 Å². The first kappa shape index (κ1) is 17.7. The second-order valence-corrected chi connectivity index (χ2v) is 7.53. The standard InChI is InChI=1S/C19H14BrN5OS/c20-13-5-4-6-14(9-13)24-17(26)11-27-19-16-10-23-25(18(16)21-12-22-19)15-7-2-1-3-8-15/h1-10,12H,11H2,(H,24,26). The van der Waals surface area contributed by atoms with E-state index in [9.17, 15) is 4.79 Å². The quantitative estimate of drug-likeness (QED) is 0.370. The van der Waals surface area contributed by atoms with E-state index >= 15 is 0 Å². The van der Waals surface area contributed by atoms with Crippen LogP contribution in [0, 0.1) is 0 Å². The number of carbonyl (C=O) groups is 1. The fraction of sp³-hybridized carbons (Fsp3) is 0.0526. The highest BCUT2D eigenvalue weighted by molar-refractivity contribution is 9.10. The van der Waals surface area contributed by atoms with Crippen molar-refractivity contribution in [1.82, 2.24) is 19.7 Å². The molecule has 0 atom stereocenters. The molecule has 1 amide bonds. The molecule has 0 fully saturated rings. The zero-order valence-corrected chi connectivity index (χ0v) is 16.4. The number of benzene rings is 2. The van der Waals surface area contributed by atoms with Crippen LogP contribution in [0.2, 0.25) is 0 Å². The predicted octanol–water partition coefficient (Wildman–Crippen LogP) is 4.31. The van der Waals surface area contributed by atoms with Crippen molar-refractivity contribution in [3.05, 3.63) is 71.6 Å². The molecule has 0 saturated carbocycles. The zero-order valence-electron chi connectivity index (χ0n) is 14.0. The van der Waals surface area contributed by atoms with Crippen molar-refractivity contribution in [2.45, 2.75) is 5.03 Å². The van der Waals surface area contributed by atoms with E-state index in [0.29, 0.717) is 5.65 Å². The van der Waals surface area contributed by atoms with Crippen molar-refractivity contribution < 1.29 is 4.79 Å². The fourth-order valence-corrected chi connectivity index (χ4v) is 3.75. The molecule has 0 radical (unpaired) electrons. The van der Waals surface area contributed by atoms with Crippen molar-refractivity contribution in [3.8, 4) is 5.69 Å². The number of fused-ring (bicyclic) bond motifs is 1. The van der Waals surface area contributed by atoms with Crippen LogP contribution < -0.4 is 5.32 Å². The third-order valence-electron chi connectivity index (χ3n) is 3.78. The van der Waals surface area contributed by atoms with Crippen molar-refractivity contribution in [3.63, 3.8) is 0 Å². The summed E-state index contributed by atoms with van der Waals surface area (Å²) < 4.78 is 2.68. The largest absolute Gasteiger partial charge is 0.325 e. The van der Waals surface area contributed by atoms with Crippen LogP contribution in [-0.2, 0) is 4.79 Å². The molecule has 0 spiro atoms. The normalized spacial score (nSPS) is 10.9. The summed E-state index contributed by atoms with van der Waals surface area (Å²) in [5, 5.41) is 8.85. The van der Waals surface area contributed by atoms with E-state index in [1.165, 1.54) is 18.1 Å². The highest BCUT2D eigenvalue weighted by Gasteiger charge is 2.13. The van der Waals surface area contributed by atoms with Gasteiger partial charge in [-0.3, -0.25) is 4.79 Å². The van der Waals surface area contributed by atoms with Crippen molar-refractivity contribution in [2.24, 2.45) is 0 Å². The fourth-order valence-electron chi connectivity index (χ4n) is 2.59. The van der Waals surface area contributed by atoms with E-state index in [1.807, 2.05) is 54.6 Å². The minimum Gasteiger partial charge on any atom is -0.325 e. The highest BCUT2D eigenvalue weighted by Crippen LogP contribution is 2.26. The molecule has 6 nitrogen and oxygen atoms in total. The lowest BCUT2D eigenvalue weighted by atomic mass is 10.3. The Morgan fingerprint density at radius 3 is 2.78 bits per heavy atom. The Kier molecular flexibility index (Phi) is 5.17. The molecule has 0 aliphatic rings. The third-order valence-corrected chi connectivity index (χ3v) is 5.28. The number of aromatic nitrogens is 4. The summed E-state index contributed by atoms with van der Waals surface area (Å²) in [5.41, 5.74) is 2.39. The van der Waals surface area contributed by atoms with Gasteiger partial charge >= 0.3 is 0 Å². The van der Waals surface area contributed by atoms with Gasteiger partial charge in [-0.2, -0.15) is 5.10 Å². The Bertz CT molecular complexity index is 1100. The number of hydrogen-bond acceptors (Lipinski definition) is 5. The number of nitrogens with zero attached hydrogens (tertiary/aromatic N) is 4. The highest BCUT2D eigenvalue weighted by atomic mass is 79.9. The summed E-state index contributed by atoms with van der Waals surface area (Å²) >= 11 is 4.76. The summed E-state index contributed by atoms with van der Waals surface area (Å²) in [4.78, 5) is 20.9. The Hall–Kier alpha value is -2.71. The van der Waals surface area contributed by atoms with Crippen LogP contribution in [0.3, 0.4) is 0 Å². The van der Waals surface area contributed by atoms with Crippen LogP contribution in [-0.4, -0.2) is 31.4 Å². The second kappa shape index (κ2) is 7.89. The minimum absolute atomic E-state index is 0.0969. The van der Waals surface area contributed by atoms with E-state index in [0.717, 1.165) is 26.3 Å². The van der Waals surface area contributed by atoms with Crippen LogP contribution in [0.5, 0.6) is 0 Å². The van der Waals surface area contributed by atoms with E-state index in [1.54, 1.807) is 10.9 Å². The Morgan fingerprint density at radius 2 is 1.96 bits per heavy atom. The van der Waals surface area contributed by atoms with Gasteiger partial charge in [-0.1, -0.05) is 52.0 Å². The number of amides is 1. The minimum atomic E-state index is -0.0969. The lowest BCUT2D eigenvalue weighted by molar-refractivity contribution is -0.113. The first-order valence-corrected chi connectivity index (χ1v) is 9.91. The first-order valence-electron chi connectivity index (χ1n) is 8.13. The lowest BCUT2D eigenvalue weighted by Gasteiger charge is -2.06. The maximum atomic E-state index is 12.2. The van der Waals surface area contributed by atoms with Gasteiger partial charge in [0.15, 0.2) is 5.65 Å². The van der Waals surface area contributed by atoms with Gasteiger partial charge in [0, 0.05) is 10.2 Å². The predicted molar refractivity (Wildman–Crippen MR) is 110 cm³/mol. The molecule has 8 heteroatoms. The average Bonchev–Trinajstić information content (AvgIpc) is 3.12. The van der Waals surface area contributed by atoms with Gasteiger partial charge in [0.05, 0.1) is 23.0 Å². The molecule has 134 valence electrons. The number of rotatable bonds is 5.